The second-order valence-electron chi connectivity index (χ2n) is 4.81. The third-order valence-electron chi connectivity index (χ3n) is 3.24. The van der Waals surface area contributed by atoms with Gasteiger partial charge in [-0.3, -0.25) is 4.79 Å². The van der Waals surface area contributed by atoms with Gasteiger partial charge in [0.2, 0.25) is 5.91 Å². The summed E-state index contributed by atoms with van der Waals surface area (Å²) in [4.78, 5) is 15.4. The minimum absolute atomic E-state index is 0.396. The SMILES string of the molecule is O=C(COCC(F)(F)F)N1CCN(c2ccccc2)CC1. The monoisotopic (exact) mass is 302 g/mol. The van der Waals surface area contributed by atoms with Gasteiger partial charge in [0.25, 0.3) is 0 Å². The second kappa shape index (κ2) is 6.80. The summed E-state index contributed by atoms with van der Waals surface area (Å²) in [6.07, 6.45) is -4.40. The van der Waals surface area contributed by atoms with E-state index in [1.165, 1.54) is 4.90 Å². The second-order valence-corrected chi connectivity index (χ2v) is 4.81. The van der Waals surface area contributed by atoms with Crippen LogP contribution in [0, 0.1) is 0 Å². The Morgan fingerprint density at radius 1 is 1.10 bits per heavy atom. The highest BCUT2D eigenvalue weighted by Crippen LogP contribution is 2.16. The van der Waals surface area contributed by atoms with Crippen LogP contribution < -0.4 is 4.90 Å². The molecule has 1 aliphatic heterocycles. The van der Waals surface area contributed by atoms with E-state index >= 15 is 0 Å². The molecule has 0 aromatic heterocycles. The van der Waals surface area contributed by atoms with Crippen molar-refractivity contribution in [3.8, 4) is 0 Å². The van der Waals surface area contributed by atoms with E-state index < -0.39 is 25.3 Å². The van der Waals surface area contributed by atoms with Crippen LogP contribution in [0.2, 0.25) is 0 Å². The molecule has 0 radical (unpaired) electrons. The van der Waals surface area contributed by atoms with Gasteiger partial charge in [0.15, 0.2) is 0 Å². The Morgan fingerprint density at radius 3 is 2.29 bits per heavy atom. The summed E-state index contributed by atoms with van der Waals surface area (Å²) in [5, 5.41) is 0. The molecule has 1 aromatic carbocycles. The number of rotatable bonds is 4. The highest BCUT2D eigenvalue weighted by molar-refractivity contribution is 5.77. The number of ether oxygens (including phenoxy) is 1. The van der Waals surface area contributed by atoms with E-state index in [2.05, 4.69) is 9.64 Å². The molecule has 0 N–H and O–H groups in total. The lowest BCUT2D eigenvalue weighted by molar-refractivity contribution is -0.177. The molecule has 116 valence electrons. The normalized spacial score (nSPS) is 16.1. The maximum Gasteiger partial charge on any atom is 0.411 e. The summed E-state index contributed by atoms with van der Waals surface area (Å²) in [5.41, 5.74) is 1.08. The van der Waals surface area contributed by atoms with Crippen molar-refractivity contribution >= 4 is 11.6 Å². The van der Waals surface area contributed by atoms with Crippen LogP contribution >= 0.6 is 0 Å². The fraction of sp³-hybridized carbons (Fsp3) is 0.500. The molecule has 0 spiro atoms. The largest absolute Gasteiger partial charge is 0.411 e. The number of alkyl halides is 3. The molecule has 2 rings (SSSR count). The zero-order chi connectivity index (χ0) is 15.3. The van der Waals surface area contributed by atoms with Crippen LogP contribution in [0.25, 0.3) is 0 Å². The van der Waals surface area contributed by atoms with Gasteiger partial charge in [-0.2, -0.15) is 13.2 Å². The topological polar surface area (TPSA) is 32.8 Å². The molecule has 1 saturated heterocycles. The number of piperazine rings is 1. The van der Waals surface area contributed by atoms with Crippen molar-refractivity contribution in [2.45, 2.75) is 6.18 Å². The number of nitrogens with zero attached hydrogens (tertiary/aromatic N) is 2. The van der Waals surface area contributed by atoms with Crippen molar-refractivity contribution in [3.63, 3.8) is 0 Å². The number of carbonyl (C=O) groups is 1. The molecule has 4 nitrogen and oxygen atoms in total. The zero-order valence-electron chi connectivity index (χ0n) is 11.5. The molecule has 7 heteroatoms. The number of anilines is 1. The van der Waals surface area contributed by atoms with Gasteiger partial charge in [-0.25, -0.2) is 0 Å². The van der Waals surface area contributed by atoms with Crippen LogP contribution in [-0.4, -0.2) is 56.4 Å². The predicted molar refractivity (Wildman–Crippen MR) is 72.1 cm³/mol. The zero-order valence-corrected chi connectivity index (χ0v) is 11.5. The Balaban J connectivity index is 1.75. The highest BCUT2D eigenvalue weighted by Gasteiger charge is 2.28. The van der Waals surface area contributed by atoms with E-state index in [1.54, 1.807) is 0 Å². The molecule has 0 saturated carbocycles. The summed E-state index contributed by atoms with van der Waals surface area (Å²) in [5.74, 6) is -0.396. The van der Waals surface area contributed by atoms with Gasteiger partial charge in [0, 0.05) is 31.9 Å². The Hall–Kier alpha value is -1.76. The number of para-hydroxylation sites is 1. The summed E-state index contributed by atoms with van der Waals surface area (Å²) in [6, 6.07) is 9.80. The van der Waals surface area contributed by atoms with Gasteiger partial charge in [-0.1, -0.05) is 18.2 Å². The number of halogens is 3. The first-order chi connectivity index (χ1) is 9.96. The third-order valence-corrected chi connectivity index (χ3v) is 3.24. The van der Waals surface area contributed by atoms with E-state index in [1.807, 2.05) is 30.3 Å². The van der Waals surface area contributed by atoms with E-state index in [9.17, 15) is 18.0 Å². The maximum atomic E-state index is 11.9. The van der Waals surface area contributed by atoms with E-state index in [0.717, 1.165) is 5.69 Å². The standard InChI is InChI=1S/C14H17F3N2O2/c15-14(16,17)11-21-10-13(20)19-8-6-18(7-9-19)12-4-2-1-3-5-12/h1-5H,6-11H2. The Bertz CT molecular complexity index is 457. The molecule has 0 aliphatic carbocycles. The summed E-state index contributed by atoms with van der Waals surface area (Å²) < 4.78 is 40.2. The number of benzene rings is 1. The van der Waals surface area contributed by atoms with Gasteiger partial charge < -0.3 is 14.5 Å². The Kier molecular flexibility index (Phi) is 5.06. The lowest BCUT2D eigenvalue weighted by atomic mass is 10.2. The average molecular weight is 302 g/mol. The molecule has 0 unspecified atom stereocenters. The number of hydrogen-bond acceptors (Lipinski definition) is 3. The molecular weight excluding hydrogens is 285 g/mol. The molecule has 1 heterocycles. The van der Waals surface area contributed by atoms with Crippen LogP contribution in [0.3, 0.4) is 0 Å². The third kappa shape index (κ3) is 4.93. The minimum Gasteiger partial charge on any atom is -0.368 e. The Labute approximate surface area is 121 Å². The van der Waals surface area contributed by atoms with Crippen LogP contribution in [0.1, 0.15) is 0 Å². The van der Waals surface area contributed by atoms with Crippen molar-refractivity contribution in [1.29, 1.82) is 0 Å². The van der Waals surface area contributed by atoms with E-state index in [0.29, 0.717) is 26.2 Å². The fourth-order valence-electron chi connectivity index (χ4n) is 2.20. The van der Waals surface area contributed by atoms with Crippen molar-refractivity contribution in [3.05, 3.63) is 30.3 Å². The highest BCUT2D eigenvalue weighted by atomic mass is 19.4. The number of amides is 1. The molecular formula is C14H17F3N2O2. The smallest absolute Gasteiger partial charge is 0.368 e. The van der Waals surface area contributed by atoms with Crippen LogP contribution in [0.15, 0.2) is 30.3 Å². The van der Waals surface area contributed by atoms with Gasteiger partial charge in [-0.05, 0) is 12.1 Å². The van der Waals surface area contributed by atoms with Crippen LogP contribution in [0.5, 0.6) is 0 Å². The number of hydrogen-bond donors (Lipinski definition) is 0. The average Bonchev–Trinajstić information content (AvgIpc) is 2.47. The predicted octanol–water partition coefficient (Wildman–Crippen LogP) is 1.91. The Morgan fingerprint density at radius 2 is 1.71 bits per heavy atom. The molecule has 1 amide bonds. The molecule has 1 aliphatic rings. The lowest BCUT2D eigenvalue weighted by Crippen LogP contribution is -2.49. The summed E-state index contributed by atoms with van der Waals surface area (Å²) in [6.45, 7) is 0.393. The van der Waals surface area contributed by atoms with Crippen LogP contribution in [0.4, 0.5) is 18.9 Å². The molecule has 1 aromatic rings. The summed E-state index contributed by atoms with van der Waals surface area (Å²) >= 11 is 0. The van der Waals surface area contributed by atoms with Crippen LogP contribution in [-0.2, 0) is 9.53 Å². The van der Waals surface area contributed by atoms with Crippen molar-refractivity contribution < 1.29 is 22.7 Å². The molecule has 0 bridgehead atoms. The van der Waals surface area contributed by atoms with Crippen molar-refractivity contribution in [2.75, 3.05) is 44.3 Å². The maximum absolute atomic E-state index is 11.9. The first-order valence-electron chi connectivity index (χ1n) is 6.68. The summed E-state index contributed by atoms with van der Waals surface area (Å²) in [7, 11) is 0. The first-order valence-corrected chi connectivity index (χ1v) is 6.68. The molecule has 21 heavy (non-hydrogen) atoms. The van der Waals surface area contributed by atoms with Gasteiger partial charge in [0.1, 0.15) is 13.2 Å². The minimum atomic E-state index is -4.40. The van der Waals surface area contributed by atoms with Crippen molar-refractivity contribution in [1.82, 2.24) is 4.90 Å². The lowest BCUT2D eigenvalue weighted by Gasteiger charge is -2.36. The van der Waals surface area contributed by atoms with Crippen molar-refractivity contribution in [2.24, 2.45) is 0 Å². The van der Waals surface area contributed by atoms with Gasteiger partial charge in [-0.15, -0.1) is 0 Å². The quantitative estimate of drug-likeness (QED) is 0.852. The first kappa shape index (κ1) is 15.6. The van der Waals surface area contributed by atoms with Gasteiger partial charge >= 0.3 is 6.18 Å². The van der Waals surface area contributed by atoms with E-state index in [-0.39, 0.29) is 0 Å². The molecule has 1 fully saturated rings. The number of carbonyl (C=O) groups excluding carboxylic acids is 1. The van der Waals surface area contributed by atoms with E-state index in [4.69, 9.17) is 0 Å². The van der Waals surface area contributed by atoms with Gasteiger partial charge in [0.05, 0.1) is 0 Å². The fourth-order valence-corrected chi connectivity index (χ4v) is 2.20. The molecule has 0 atom stereocenters.